The van der Waals surface area contributed by atoms with Crippen LogP contribution < -0.4 is 0 Å². The molecule has 3 aliphatic rings. The van der Waals surface area contributed by atoms with Gasteiger partial charge in [0.1, 0.15) is 0 Å². The third-order valence-corrected chi connectivity index (χ3v) is 5.51. The fraction of sp³-hybridized carbons (Fsp3) is 0.750. The summed E-state index contributed by atoms with van der Waals surface area (Å²) in [6.07, 6.45) is 0.881. The standard InChI is InChI=1S/C16H23N5O3/c1-10(22)19(2)6-13-17-18-14-7-20(4-3-5-21(13)14)16(23)15-11-8-24-9-12(11)15/h11-12,15H,3-9H2,1-2H3/t11-,12+,15?. The molecule has 1 unspecified atom stereocenters. The Labute approximate surface area is 140 Å². The highest BCUT2D eigenvalue weighted by Crippen LogP contribution is 2.51. The van der Waals surface area contributed by atoms with E-state index in [4.69, 9.17) is 4.74 Å². The van der Waals surface area contributed by atoms with Crippen molar-refractivity contribution >= 4 is 11.8 Å². The van der Waals surface area contributed by atoms with E-state index in [1.54, 1.807) is 11.9 Å². The first-order valence-corrected chi connectivity index (χ1v) is 8.55. The van der Waals surface area contributed by atoms with Gasteiger partial charge in [-0.1, -0.05) is 0 Å². The molecule has 1 aromatic heterocycles. The number of carbonyl (C=O) groups excluding carboxylic acids is 2. The summed E-state index contributed by atoms with van der Waals surface area (Å²) >= 11 is 0. The minimum Gasteiger partial charge on any atom is -0.381 e. The molecule has 3 heterocycles. The van der Waals surface area contributed by atoms with Gasteiger partial charge in [0.2, 0.25) is 11.8 Å². The van der Waals surface area contributed by atoms with E-state index >= 15 is 0 Å². The van der Waals surface area contributed by atoms with Crippen molar-refractivity contribution in [1.82, 2.24) is 24.6 Å². The Morgan fingerprint density at radius 2 is 2.00 bits per heavy atom. The first-order valence-electron chi connectivity index (χ1n) is 8.55. The third-order valence-electron chi connectivity index (χ3n) is 5.51. The van der Waals surface area contributed by atoms with Crippen molar-refractivity contribution in [3.8, 4) is 0 Å². The zero-order valence-electron chi connectivity index (χ0n) is 14.1. The van der Waals surface area contributed by atoms with Crippen LogP contribution in [-0.4, -0.2) is 63.2 Å². The fourth-order valence-electron chi connectivity index (χ4n) is 3.86. The van der Waals surface area contributed by atoms with Gasteiger partial charge in [-0.2, -0.15) is 0 Å². The molecule has 0 aromatic carbocycles. The van der Waals surface area contributed by atoms with Crippen LogP contribution in [0.15, 0.2) is 0 Å². The lowest BCUT2D eigenvalue weighted by atomic mass is 10.2. The third kappa shape index (κ3) is 2.58. The quantitative estimate of drug-likeness (QED) is 0.770. The molecular weight excluding hydrogens is 310 g/mol. The normalized spacial score (nSPS) is 28.1. The number of nitrogens with zero attached hydrogens (tertiary/aromatic N) is 5. The van der Waals surface area contributed by atoms with Gasteiger partial charge < -0.3 is 19.1 Å². The molecule has 4 rings (SSSR count). The van der Waals surface area contributed by atoms with Crippen molar-refractivity contribution in [3.63, 3.8) is 0 Å². The Balaban J connectivity index is 1.46. The molecule has 8 nitrogen and oxygen atoms in total. The minimum absolute atomic E-state index is 0.000249. The molecule has 24 heavy (non-hydrogen) atoms. The molecule has 0 N–H and O–H groups in total. The smallest absolute Gasteiger partial charge is 0.226 e. The highest BCUT2D eigenvalue weighted by Gasteiger charge is 2.58. The lowest BCUT2D eigenvalue weighted by molar-refractivity contribution is -0.134. The van der Waals surface area contributed by atoms with Gasteiger partial charge in [-0.15, -0.1) is 10.2 Å². The number of hydrogen-bond acceptors (Lipinski definition) is 5. The average molecular weight is 333 g/mol. The zero-order valence-corrected chi connectivity index (χ0v) is 14.1. The molecule has 8 heteroatoms. The molecular formula is C16H23N5O3. The maximum absolute atomic E-state index is 12.8. The van der Waals surface area contributed by atoms with Crippen LogP contribution in [0, 0.1) is 17.8 Å². The molecule has 3 atom stereocenters. The molecule has 2 fully saturated rings. The van der Waals surface area contributed by atoms with Gasteiger partial charge in [-0.05, 0) is 18.3 Å². The van der Waals surface area contributed by atoms with Crippen LogP contribution in [0.25, 0.3) is 0 Å². The lowest BCUT2D eigenvalue weighted by Gasteiger charge is -2.20. The van der Waals surface area contributed by atoms with E-state index in [2.05, 4.69) is 14.8 Å². The topological polar surface area (TPSA) is 80.6 Å². The van der Waals surface area contributed by atoms with Crippen LogP contribution in [0.4, 0.5) is 0 Å². The van der Waals surface area contributed by atoms with E-state index in [0.717, 1.165) is 44.4 Å². The maximum Gasteiger partial charge on any atom is 0.226 e. The highest BCUT2D eigenvalue weighted by atomic mass is 16.5. The maximum atomic E-state index is 12.8. The summed E-state index contributed by atoms with van der Waals surface area (Å²) in [6, 6.07) is 0. The summed E-state index contributed by atoms with van der Waals surface area (Å²) in [4.78, 5) is 27.7. The fourth-order valence-corrected chi connectivity index (χ4v) is 3.86. The largest absolute Gasteiger partial charge is 0.381 e. The zero-order chi connectivity index (χ0) is 16.8. The van der Waals surface area contributed by atoms with Crippen molar-refractivity contribution in [2.24, 2.45) is 17.8 Å². The Morgan fingerprint density at radius 3 is 2.71 bits per heavy atom. The van der Waals surface area contributed by atoms with Gasteiger partial charge >= 0.3 is 0 Å². The molecule has 1 saturated carbocycles. The monoisotopic (exact) mass is 333 g/mol. The summed E-state index contributed by atoms with van der Waals surface area (Å²) in [5.74, 6) is 2.85. The molecule has 2 aliphatic heterocycles. The molecule has 0 spiro atoms. The van der Waals surface area contributed by atoms with Gasteiger partial charge in [0.15, 0.2) is 11.6 Å². The second-order valence-corrected chi connectivity index (χ2v) is 7.06. The SMILES string of the molecule is CC(=O)N(C)Cc1nnc2n1CCCN(C(=O)C1[C@H]3COC[C@@H]13)C2. The second kappa shape index (κ2) is 5.84. The molecule has 1 aliphatic carbocycles. The number of amides is 2. The van der Waals surface area contributed by atoms with Crippen molar-refractivity contribution < 1.29 is 14.3 Å². The predicted octanol–water partition coefficient (Wildman–Crippen LogP) is -0.119. The van der Waals surface area contributed by atoms with Gasteiger partial charge in [-0.3, -0.25) is 9.59 Å². The Bertz CT molecular complexity index is 663. The highest BCUT2D eigenvalue weighted by molar-refractivity contribution is 5.82. The summed E-state index contributed by atoms with van der Waals surface area (Å²) in [6.45, 7) is 5.48. The van der Waals surface area contributed by atoms with Gasteiger partial charge in [0, 0.05) is 33.0 Å². The summed E-state index contributed by atoms with van der Waals surface area (Å²) in [5, 5.41) is 8.50. The molecule has 0 bridgehead atoms. The Kier molecular flexibility index (Phi) is 3.79. The van der Waals surface area contributed by atoms with Crippen molar-refractivity contribution in [2.45, 2.75) is 33.0 Å². The van der Waals surface area contributed by atoms with Crippen LogP contribution in [-0.2, 0) is 34.0 Å². The van der Waals surface area contributed by atoms with E-state index in [-0.39, 0.29) is 17.7 Å². The number of rotatable bonds is 3. The van der Waals surface area contributed by atoms with Crippen molar-refractivity contribution in [3.05, 3.63) is 11.6 Å². The minimum atomic E-state index is 0.000249. The lowest BCUT2D eigenvalue weighted by Crippen LogP contribution is -2.33. The summed E-state index contributed by atoms with van der Waals surface area (Å²) in [5.41, 5.74) is 0. The molecule has 1 aromatic rings. The Hall–Kier alpha value is -1.96. The van der Waals surface area contributed by atoms with E-state index in [1.807, 2.05) is 4.90 Å². The number of ether oxygens (including phenoxy) is 1. The second-order valence-electron chi connectivity index (χ2n) is 7.06. The van der Waals surface area contributed by atoms with E-state index in [9.17, 15) is 9.59 Å². The van der Waals surface area contributed by atoms with Crippen LogP contribution in [0.3, 0.4) is 0 Å². The molecule has 0 radical (unpaired) electrons. The predicted molar refractivity (Wildman–Crippen MR) is 83.5 cm³/mol. The number of hydrogen-bond donors (Lipinski definition) is 0. The van der Waals surface area contributed by atoms with Gasteiger partial charge in [-0.25, -0.2) is 0 Å². The number of aromatic nitrogens is 3. The summed E-state index contributed by atoms with van der Waals surface area (Å²) < 4.78 is 7.44. The molecule has 130 valence electrons. The van der Waals surface area contributed by atoms with Crippen LogP contribution in [0.2, 0.25) is 0 Å². The van der Waals surface area contributed by atoms with Crippen LogP contribution in [0.1, 0.15) is 25.0 Å². The van der Waals surface area contributed by atoms with Crippen LogP contribution in [0.5, 0.6) is 0 Å². The summed E-state index contributed by atoms with van der Waals surface area (Å²) in [7, 11) is 1.75. The Morgan fingerprint density at radius 1 is 1.25 bits per heavy atom. The molecule has 2 amide bonds. The van der Waals surface area contributed by atoms with Crippen molar-refractivity contribution in [2.75, 3.05) is 26.8 Å². The van der Waals surface area contributed by atoms with Gasteiger partial charge in [0.05, 0.1) is 26.3 Å². The van der Waals surface area contributed by atoms with E-state index < -0.39 is 0 Å². The van der Waals surface area contributed by atoms with Gasteiger partial charge in [0.25, 0.3) is 0 Å². The van der Waals surface area contributed by atoms with Crippen molar-refractivity contribution in [1.29, 1.82) is 0 Å². The van der Waals surface area contributed by atoms with E-state index in [1.165, 1.54) is 6.92 Å². The van der Waals surface area contributed by atoms with Crippen LogP contribution >= 0.6 is 0 Å². The number of carbonyl (C=O) groups is 2. The number of fused-ring (bicyclic) bond motifs is 2. The first kappa shape index (κ1) is 15.6. The molecule has 1 saturated heterocycles. The average Bonchev–Trinajstić information content (AvgIpc) is 2.92. The first-order chi connectivity index (χ1) is 11.6. The van der Waals surface area contributed by atoms with E-state index in [0.29, 0.717) is 24.9 Å².